The second-order valence-electron chi connectivity index (χ2n) is 6.72. The fourth-order valence-electron chi connectivity index (χ4n) is 3.14. The molecule has 28 heavy (non-hydrogen) atoms. The number of sulfonamides is 1. The molecule has 0 N–H and O–H groups in total. The number of aromatic nitrogens is 1. The third-order valence-electron chi connectivity index (χ3n) is 4.62. The molecule has 0 saturated carbocycles. The molecule has 0 spiro atoms. The van der Waals surface area contributed by atoms with E-state index in [2.05, 4.69) is 4.98 Å². The Morgan fingerprint density at radius 3 is 2.71 bits per heavy atom. The third-order valence-corrected chi connectivity index (χ3v) is 6.47. The van der Waals surface area contributed by atoms with E-state index in [1.807, 2.05) is 19.1 Å². The molecule has 1 aromatic heterocycles. The summed E-state index contributed by atoms with van der Waals surface area (Å²) < 4.78 is 64.7. The highest BCUT2D eigenvalue weighted by molar-refractivity contribution is 7.89. The summed E-state index contributed by atoms with van der Waals surface area (Å²) in [4.78, 5) is 4.21. The maximum absolute atomic E-state index is 14.4. The summed E-state index contributed by atoms with van der Waals surface area (Å²) in [5.74, 6) is -0.244. The molecule has 0 radical (unpaired) electrons. The maximum atomic E-state index is 14.4. The quantitative estimate of drug-likeness (QED) is 0.648. The lowest BCUT2D eigenvalue weighted by Gasteiger charge is -2.16. The van der Waals surface area contributed by atoms with E-state index < -0.39 is 28.1 Å². The number of halogens is 2. The van der Waals surface area contributed by atoms with Crippen molar-refractivity contribution in [2.24, 2.45) is 0 Å². The van der Waals surface area contributed by atoms with E-state index in [0.29, 0.717) is 17.0 Å². The van der Waals surface area contributed by atoms with Gasteiger partial charge in [-0.25, -0.2) is 22.2 Å². The van der Waals surface area contributed by atoms with E-state index in [-0.39, 0.29) is 24.6 Å². The summed E-state index contributed by atoms with van der Waals surface area (Å²) in [6.07, 6.45) is -2.42. The van der Waals surface area contributed by atoms with E-state index in [1.165, 1.54) is 0 Å². The Kier molecular flexibility index (Phi) is 4.90. The van der Waals surface area contributed by atoms with Crippen molar-refractivity contribution in [3.05, 3.63) is 59.7 Å². The van der Waals surface area contributed by atoms with Crippen LogP contribution in [0, 0.1) is 12.7 Å². The second-order valence-corrected chi connectivity index (χ2v) is 8.66. The smallest absolute Gasteiger partial charge is 0.243 e. The van der Waals surface area contributed by atoms with Crippen LogP contribution < -0.4 is 0 Å². The van der Waals surface area contributed by atoms with Gasteiger partial charge in [0.05, 0.1) is 4.90 Å². The molecule has 1 aliphatic rings. The van der Waals surface area contributed by atoms with Gasteiger partial charge in [-0.1, -0.05) is 6.07 Å². The molecule has 0 amide bonds. The zero-order valence-corrected chi connectivity index (χ0v) is 15.8. The number of hydrogen-bond donors (Lipinski definition) is 0. The van der Waals surface area contributed by atoms with Gasteiger partial charge >= 0.3 is 0 Å². The van der Waals surface area contributed by atoms with Gasteiger partial charge in [-0.15, -0.1) is 0 Å². The molecule has 4 rings (SSSR count). The molecule has 1 fully saturated rings. The molecule has 2 heterocycles. The number of alkyl halides is 1. The number of rotatable bonds is 5. The lowest BCUT2D eigenvalue weighted by atomic mass is 10.2. The summed E-state index contributed by atoms with van der Waals surface area (Å²) in [6.45, 7) is 1.41. The van der Waals surface area contributed by atoms with Crippen LogP contribution in [0.1, 0.15) is 11.5 Å². The van der Waals surface area contributed by atoms with Crippen LogP contribution >= 0.6 is 0 Å². The molecular formula is C19H18F2N2O4S. The monoisotopic (exact) mass is 408 g/mol. The molecule has 2 aromatic carbocycles. The van der Waals surface area contributed by atoms with Crippen LogP contribution in [0.2, 0.25) is 0 Å². The summed E-state index contributed by atoms with van der Waals surface area (Å²) in [7, 11) is -3.92. The number of benzene rings is 2. The predicted octanol–water partition coefficient (Wildman–Crippen LogP) is 3.20. The highest BCUT2D eigenvalue weighted by atomic mass is 32.2. The van der Waals surface area contributed by atoms with Gasteiger partial charge in [0.2, 0.25) is 15.9 Å². The molecular weight excluding hydrogens is 390 g/mol. The number of nitrogens with zero attached hydrogens (tertiary/aromatic N) is 2. The number of fused-ring (bicyclic) bond motifs is 1. The van der Waals surface area contributed by atoms with Crippen molar-refractivity contribution < 1.29 is 26.4 Å². The van der Waals surface area contributed by atoms with Crippen molar-refractivity contribution in [1.82, 2.24) is 9.29 Å². The molecule has 1 aliphatic heterocycles. The Labute approximate surface area is 160 Å². The minimum absolute atomic E-state index is 0.0662. The molecule has 1 saturated heterocycles. The zero-order chi connectivity index (χ0) is 19.9. The SMILES string of the molecule is Cc1ccc2oc(COC3CN(S(=O)(=O)c4ccc(F)cc4)CC3F)nc2c1. The van der Waals surface area contributed by atoms with E-state index in [4.69, 9.17) is 9.15 Å². The second kappa shape index (κ2) is 7.23. The van der Waals surface area contributed by atoms with Crippen molar-refractivity contribution >= 4 is 21.1 Å². The minimum Gasteiger partial charge on any atom is -0.438 e. The largest absolute Gasteiger partial charge is 0.438 e. The van der Waals surface area contributed by atoms with Gasteiger partial charge in [-0.05, 0) is 48.9 Å². The molecule has 148 valence electrons. The van der Waals surface area contributed by atoms with Crippen molar-refractivity contribution in [3.8, 4) is 0 Å². The highest BCUT2D eigenvalue weighted by Gasteiger charge is 2.40. The fraction of sp³-hybridized carbons (Fsp3) is 0.316. The van der Waals surface area contributed by atoms with Gasteiger partial charge in [0.25, 0.3) is 0 Å². The first-order valence-electron chi connectivity index (χ1n) is 8.70. The Morgan fingerprint density at radius 1 is 1.21 bits per heavy atom. The van der Waals surface area contributed by atoms with Crippen LogP contribution in [0.3, 0.4) is 0 Å². The Balaban J connectivity index is 1.44. The summed E-state index contributed by atoms with van der Waals surface area (Å²) in [5.41, 5.74) is 2.32. The highest BCUT2D eigenvalue weighted by Crippen LogP contribution is 2.26. The fourth-order valence-corrected chi connectivity index (χ4v) is 4.60. The lowest BCUT2D eigenvalue weighted by molar-refractivity contribution is 0.00381. The molecule has 2 atom stereocenters. The lowest BCUT2D eigenvalue weighted by Crippen LogP contribution is -2.30. The molecule has 9 heteroatoms. The van der Waals surface area contributed by atoms with E-state index in [1.54, 1.807) is 6.07 Å². The van der Waals surface area contributed by atoms with Crippen molar-refractivity contribution in [2.75, 3.05) is 13.1 Å². The van der Waals surface area contributed by atoms with Gasteiger partial charge in [0, 0.05) is 13.1 Å². The summed E-state index contributed by atoms with van der Waals surface area (Å²) >= 11 is 0. The van der Waals surface area contributed by atoms with Gasteiger partial charge in [0.1, 0.15) is 30.2 Å². The third kappa shape index (κ3) is 3.65. The Morgan fingerprint density at radius 2 is 1.96 bits per heavy atom. The van der Waals surface area contributed by atoms with Crippen molar-refractivity contribution in [1.29, 1.82) is 0 Å². The number of ether oxygens (including phenoxy) is 1. The zero-order valence-electron chi connectivity index (χ0n) is 15.0. The number of oxazole rings is 1. The van der Waals surface area contributed by atoms with Crippen LogP contribution in [0.5, 0.6) is 0 Å². The Hall–Kier alpha value is -2.36. The first kappa shape index (κ1) is 19.0. The maximum Gasteiger partial charge on any atom is 0.243 e. The van der Waals surface area contributed by atoms with Crippen molar-refractivity contribution in [3.63, 3.8) is 0 Å². The Bertz CT molecular complexity index is 1100. The van der Waals surface area contributed by atoms with Crippen LogP contribution in [0.15, 0.2) is 51.8 Å². The van der Waals surface area contributed by atoms with Gasteiger partial charge in [-0.2, -0.15) is 4.31 Å². The average Bonchev–Trinajstić information content (AvgIpc) is 3.23. The molecule has 6 nitrogen and oxygen atoms in total. The number of aryl methyl sites for hydroxylation is 1. The first-order valence-corrected chi connectivity index (χ1v) is 10.1. The normalized spacial score (nSPS) is 20.8. The van der Waals surface area contributed by atoms with Crippen LogP contribution in [0.4, 0.5) is 8.78 Å². The minimum atomic E-state index is -3.92. The van der Waals surface area contributed by atoms with E-state index in [0.717, 1.165) is 34.1 Å². The van der Waals surface area contributed by atoms with Crippen LogP contribution in [-0.4, -0.2) is 43.1 Å². The number of hydrogen-bond acceptors (Lipinski definition) is 5. The molecule has 2 unspecified atom stereocenters. The van der Waals surface area contributed by atoms with Crippen LogP contribution in [0.25, 0.3) is 11.1 Å². The van der Waals surface area contributed by atoms with Gasteiger partial charge < -0.3 is 9.15 Å². The van der Waals surface area contributed by atoms with Gasteiger partial charge in [0.15, 0.2) is 5.58 Å². The summed E-state index contributed by atoms with van der Waals surface area (Å²) in [5, 5.41) is 0. The molecule has 0 aliphatic carbocycles. The van der Waals surface area contributed by atoms with Crippen LogP contribution in [-0.2, 0) is 21.4 Å². The predicted molar refractivity (Wildman–Crippen MR) is 97.4 cm³/mol. The molecule has 3 aromatic rings. The van der Waals surface area contributed by atoms with E-state index in [9.17, 15) is 17.2 Å². The standard InChI is InChI=1S/C19H18F2N2O4S/c1-12-2-7-17-16(8-12)22-19(27-17)11-26-18-10-23(9-15(18)21)28(24,25)14-5-3-13(20)4-6-14/h2-8,15,18H,9-11H2,1H3. The first-order chi connectivity index (χ1) is 13.3. The van der Waals surface area contributed by atoms with Gasteiger partial charge in [-0.3, -0.25) is 0 Å². The average molecular weight is 408 g/mol. The molecule has 0 bridgehead atoms. The topological polar surface area (TPSA) is 72.6 Å². The van der Waals surface area contributed by atoms with E-state index >= 15 is 0 Å². The summed E-state index contributed by atoms with van der Waals surface area (Å²) in [6, 6.07) is 9.99. The van der Waals surface area contributed by atoms with Crippen molar-refractivity contribution in [2.45, 2.75) is 30.7 Å².